The fourth-order valence-corrected chi connectivity index (χ4v) is 3.90. The largest absolute Gasteiger partial charge is 0.341 e. The molecule has 0 aromatic heterocycles. The van der Waals surface area contributed by atoms with Crippen molar-refractivity contribution >= 4 is 17.7 Å². The lowest BCUT2D eigenvalue weighted by Crippen LogP contribution is -2.46. The number of carbonyl (C=O) groups is 1. The molecular formula is C15H30N2OS. The van der Waals surface area contributed by atoms with Crippen LogP contribution in [-0.2, 0) is 4.79 Å². The molecule has 19 heavy (non-hydrogen) atoms. The summed E-state index contributed by atoms with van der Waals surface area (Å²) in [6.07, 6.45) is 5.15. The first-order valence-electron chi connectivity index (χ1n) is 7.60. The maximum Gasteiger partial charge on any atom is 0.222 e. The Hall–Kier alpha value is -0.220. The molecule has 3 nitrogen and oxygen atoms in total. The van der Waals surface area contributed by atoms with E-state index in [2.05, 4.69) is 25.7 Å². The van der Waals surface area contributed by atoms with Crippen LogP contribution in [0.5, 0.6) is 0 Å². The van der Waals surface area contributed by atoms with Crippen molar-refractivity contribution < 1.29 is 4.79 Å². The Morgan fingerprint density at radius 3 is 2.68 bits per heavy atom. The second-order valence-corrected chi connectivity index (χ2v) is 8.00. The Morgan fingerprint density at radius 2 is 2.11 bits per heavy atom. The Balaban J connectivity index is 2.37. The summed E-state index contributed by atoms with van der Waals surface area (Å²) >= 11 is 1.97. The first kappa shape index (κ1) is 16.8. The van der Waals surface area contributed by atoms with Crippen molar-refractivity contribution in [2.24, 2.45) is 11.7 Å². The van der Waals surface area contributed by atoms with Gasteiger partial charge in [-0.1, -0.05) is 19.8 Å². The lowest BCUT2D eigenvalue weighted by atomic mass is 9.94. The fourth-order valence-electron chi connectivity index (χ4n) is 2.79. The molecule has 0 saturated carbocycles. The van der Waals surface area contributed by atoms with Gasteiger partial charge in [-0.2, -0.15) is 11.8 Å². The summed E-state index contributed by atoms with van der Waals surface area (Å²) in [6.45, 7) is 9.22. The summed E-state index contributed by atoms with van der Waals surface area (Å²) < 4.78 is 0.216. The van der Waals surface area contributed by atoms with Crippen LogP contribution in [0.4, 0.5) is 0 Å². The van der Waals surface area contributed by atoms with Crippen LogP contribution < -0.4 is 5.73 Å². The van der Waals surface area contributed by atoms with Crippen LogP contribution in [0.2, 0.25) is 0 Å². The van der Waals surface area contributed by atoms with E-state index >= 15 is 0 Å². The molecule has 1 saturated heterocycles. The van der Waals surface area contributed by atoms with Crippen molar-refractivity contribution in [3.8, 4) is 0 Å². The van der Waals surface area contributed by atoms with Gasteiger partial charge in [0.25, 0.3) is 0 Å². The molecule has 1 atom stereocenters. The first-order valence-corrected chi connectivity index (χ1v) is 8.59. The molecule has 1 aliphatic heterocycles. The number of carbonyl (C=O) groups excluding carboxylic acids is 1. The van der Waals surface area contributed by atoms with Crippen LogP contribution in [0.15, 0.2) is 0 Å². The van der Waals surface area contributed by atoms with E-state index in [4.69, 9.17) is 5.73 Å². The standard InChI is InChI=1S/C15H30N2OS/c1-4-5-13(8-9-16)6-7-14(18)17-10-11-19-15(2,3)12-17/h13H,4-12,16H2,1-3H3. The van der Waals surface area contributed by atoms with Gasteiger partial charge in [-0.15, -0.1) is 0 Å². The lowest BCUT2D eigenvalue weighted by molar-refractivity contribution is -0.131. The third-order valence-electron chi connectivity index (χ3n) is 3.82. The van der Waals surface area contributed by atoms with Crippen molar-refractivity contribution in [1.82, 2.24) is 4.90 Å². The van der Waals surface area contributed by atoms with Gasteiger partial charge in [-0.3, -0.25) is 4.79 Å². The van der Waals surface area contributed by atoms with Gasteiger partial charge in [0.15, 0.2) is 0 Å². The van der Waals surface area contributed by atoms with Crippen molar-refractivity contribution in [3.63, 3.8) is 0 Å². The highest BCUT2D eigenvalue weighted by Crippen LogP contribution is 2.30. The summed E-state index contributed by atoms with van der Waals surface area (Å²) in [5, 5.41) is 0. The highest BCUT2D eigenvalue weighted by atomic mass is 32.2. The van der Waals surface area contributed by atoms with Gasteiger partial charge < -0.3 is 10.6 Å². The van der Waals surface area contributed by atoms with Crippen LogP contribution >= 0.6 is 11.8 Å². The van der Waals surface area contributed by atoms with Crippen molar-refractivity contribution in [2.45, 2.75) is 57.6 Å². The SMILES string of the molecule is CCCC(CCN)CCC(=O)N1CCSC(C)(C)C1. The van der Waals surface area contributed by atoms with E-state index in [9.17, 15) is 4.79 Å². The van der Waals surface area contributed by atoms with Gasteiger partial charge >= 0.3 is 0 Å². The minimum atomic E-state index is 0.216. The Labute approximate surface area is 122 Å². The van der Waals surface area contributed by atoms with Crippen LogP contribution in [0.1, 0.15) is 52.9 Å². The molecule has 4 heteroatoms. The normalized spacial score (nSPS) is 20.3. The molecule has 1 fully saturated rings. The van der Waals surface area contributed by atoms with Gasteiger partial charge in [0.1, 0.15) is 0 Å². The van der Waals surface area contributed by atoms with Crippen molar-refractivity contribution in [3.05, 3.63) is 0 Å². The summed E-state index contributed by atoms with van der Waals surface area (Å²) in [5.41, 5.74) is 5.65. The summed E-state index contributed by atoms with van der Waals surface area (Å²) in [5.74, 6) is 2.04. The average molecular weight is 286 g/mol. The number of rotatable bonds is 7. The molecule has 1 amide bonds. The van der Waals surface area contributed by atoms with Crippen LogP contribution in [-0.4, -0.2) is 40.9 Å². The van der Waals surface area contributed by atoms with E-state index in [0.29, 0.717) is 18.2 Å². The molecule has 0 aromatic carbocycles. The second kappa shape index (κ2) is 8.15. The van der Waals surface area contributed by atoms with E-state index < -0.39 is 0 Å². The predicted molar refractivity (Wildman–Crippen MR) is 84.4 cm³/mol. The van der Waals surface area contributed by atoms with Crippen LogP contribution in [0, 0.1) is 5.92 Å². The van der Waals surface area contributed by atoms with Gasteiger partial charge in [0, 0.05) is 30.0 Å². The molecule has 112 valence electrons. The minimum absolute atomic E-state index is 0.216. The van der Waals surface area contributed by atoms with Gasteiger partial charge in [0.2, 0.25) is 5.91 Å². The van der Waals surface area contributed by atoms with Crippen LogP contribution in [0.3, 0.4) is 0 Å². The van der Waals surface area contributed by atoms with E-state index in [-0.39, 0.29) is 4.75 Å². The lowest BCUT2D eigenvalue weighted by Gasteiger charge is -2.37. The summed E-state index contributed by atoms with van der Waals surface area (Å²) in [7, 11) is 0. The number of hydrogen-bond acceptors (Lipinski definition) is 3. The van der Waals surface area contributed by atoms with Gasteiger partial charge in [0.05, 0.1) is 0 Å². The average Bonchev–Trinajstić information content (AvgIpc) is 2.35. The molecule has 0 bridgehead atoms. The van der Waals surface area contributed by atoms with Gasteiger partial charge in [-0.05, 0) is 39.2 Å². The molecule has 0 aliphatic carbocycles. The smallest absolute Gasteiger partial charge is 0.222 e. The minimum Gasteiger partial charge on any atom is -0.341 e. The molecular weight excluding hydrogens is 256 g/mol. The second-order valence-electron chi connectivity index (χ2n) is 6.19. The quantitative estimate of drug-likeness (QED) is 0.783. The fraction of sp³-hybridized carbons (Fsp3) is 0.933. The molecule has 1 unspecified atom stereocenters. The molecule has 1 rings (SSSR count). The maximum atomic E-state index is 12.3. The molecule has 0 aromatic rings. The first-order chi connectivity index (χ1) is 8.98. The highest BCUT2D eigenvalue weighted by molar-refractivity contribution is 8.00. The zero-order chi connectivity index (χ0) is 14.3. The zero-order valence-corrected chi connectivity index (χ0v) is 13.6. The Morgan fingerprint density at radius 1 is 1.37 bits per heavy atom. The summed E-state index contributed by atoms with van der Waals surface area (Å²) in [4.78, 5) is 14.3. The molecule has 0 spiro atoms. The predicted octanol–water partition coefficient (Wildman–Crippen LogP) is 2.89. The van der Waals surface area contributed by atoms with E-state index in [0.717, 1.165) is 38.2 Å². The molecule has 0 radical (unpaired) electrons. The maximum absolute atomic E-state index is 12.3. The third kappa shape index (κ3) is 6.17. The van der Waals surface area contributed by atoms with Crippen LogP contribution in [0.25, 0.3) is 0 Å². The third-order valence-corrected chi connectivity index (χ3v) is 5.11. The number of nitrogens with zero attached hydrogens (tertiary/aromatic N) is 1. The van der Waals surface area contributed by atoms with Crippen molar-refractivity contribution in [2.75, 3.05) is 25.4 Å². The van der Waals surface area contributed by atoms with E-state index in [1.807, 2.05) is 11.8 Å². The number of hydrogen-bond donors (Lipinski definition) is 1. The monoisotopic (exact) mass is 286 g/mol. The topological polar surface area (TPSA) is 46.3 Å². The van der Waals surface area contributed by atoms with Crippen molar-refractivity contribution in [1.29, 1.82) is 0 Å². The van der Waals surface area contributed by atoms with E-state index in [1.54, 1.807) is 0 Å². The summed E-state index contributed by atoms with van der Waals surface area (Å²) in [6, 6.07) is 0. The molecule has 1 heterocycles. The number of amides is 1. The van der Waals surface area contributed by atoms with Gasteiger partial charge in [-0.25, -0.2) is 0 Å². The Kier molecular flexibility index (Phi) is 7.22. The van der Waals surface area contributed by atoms with E-state index in [1.165, 1.54) is 12.8 Å². The highest BCUT2D eigenvalue weighted by Gasteiger charge is 2.29. The molecule has 1 aliphatic rings. The number of thioether (sulfide) groups is 1. The number of nitrogens with two attached hydrogens (primary N) is 1. The molecule has 2 N–H and O–H groups in total. The Bertz CT molecular complexity index is 275. The zero-order valence-electron chi connectivity index (χ0n) is 12.8.